The van der Waals surface area contributed by atoms with Gasteiger partial charge in [-0.15, -0.1) is 0 Å². The van der Waals surface area contributed by atoms with E-state index in [2.05, 4.69) is 5.32 Å². The van der Waals surface area contributed by atoms with Crippen molar-refractivity contribution in [1.29, 1.82) is 0 Å². The second-order valence-electron chi connectivity index (χ2n) is 3.12. The number of aliphatic carboxylic acids is 1. The van der Waals surface area contributed by atoms with Crippen molar-refractivity contribution >= 4 is 5.97 Å². The molecule has 0 spiro atoms. The van der Waals surface area contributed by atoms with E-state index in [1.54, 1.807) is 12.1 Å². The number of aliphatic hydroxyl groups is 1. The maximum Gasteiger partial charge on any atom is 0.323 e. The highest BCUT2D eigenvalue weighted by atomic mass is 16.4. The van der Waals surface area contributed by atoms with Crippen LogP contribution < -0.4 is 5.32 Å². The van der Waals surface area contributed by atoms with Gasteiger partial charge < -0.3 is 15.3 Å². The van der Waals surface area contributed by atoms with E-state index in [9.17, 15) is 4.79 Å². The molecule has 5 heteroatoms. The van der Waals surface area contributed by atoms with Gasteiger partial charge in [-0.2, -0.15) is 0 Å². The van der Waals surface area contributed by atoms with Crippen molar-refractivity contribution in [1.82, 2.24) is 5.32 Å². The van der Waals surface area contributed by atoms with Gasteiger partial charge in [0, 0.05) is 6.54 Å². The first-order valence-electron chi connectivity index (χ1n) is 4.48. The minimum atomic E-state index is -1.09. The van der Waals surface area contributed by atoms with E-state index in [1.807, 2.05) is 0 Å². The average Bonchev–Trinajstić information content (AvgIpc) is 2.21. The van der Waals surface area contributed by atoms with Gasteiger partial charge in [0.15, 0.2) is 0 Å². The predicted octanol–water partition coefficient (Wildman–Crippen LogP) is -0.0727. The van der Waals surface area contributed by atoms with Crippen LogP contribution in [-0.2, 0) is 11.3 Å². The fourth-order valence-electron chi connectivity index (χ4n) is 1.08. The lowest BCUT2D eigenvalue weighted by Gasteiger charge is -2.11. The maximum absolute atomic E-state index is 10.5. The molecule has 0 saturated heterocycles. The molecule has 0 fully saturated rings. The summed E-state index contributed by atoms with van der Waals surface area (Å²) in [4.78, 5) is 10.5. The number of carboxylic acids is 1. The lowest BCUT2D eigenvalue weighted by atomic mass is 10.2. The fourth-order valence-corrected chi connectivity index (χ4v) is 1.08. The summed E-state index contributed by atoms with van der Waals surface area (Å²) in [6.45, 7) is -0.120. The number of phenols is 1. The van der Waals surface area contributed by atoms with Crippen molar-refractivity contribution in [2.75, 3.05) is 6.61 Å². The van der Waals surface area contributed by atoms with E-state index in [0.29, 0.717) is 6.54 Å². The number of aromatic hydroxyl groups is 1. The van der Waals surface area contributed by atoms with Crippen LogP contribution in [0.4, 0.5) is 0 Å². The third-order valence-corrected chi connectivity index (χ3v) is 1.97. The van der Waals surface area contributed by atoms with Gasteiger partial charge in [0.1, 0.15) is 11.8 Å². The molecule has 0 aliphatic rings. The molecule has 0 amide bonds. The molecular weight excluding hydrogens is 198 g/mol. The Bertz CT molecular complexity index is 323. The summed E-state index contributed by atoms with van der Waals surface area (Å²) in [5, 5.41) is 29.1. The molecule has 1 unspecified atom stereocenters. The Morgan fingerprint density at radius 1 is 1.33 bits per heavy atom. The average molecular weight is 211 g/mol. The standard InChI is InChI=1S/C10H13NO4/c12-6-9(10(14)15)11-5-7-1-3-8(13)4-2-7/h1-4,9,11-13H,5-6H2,(H,14,15). The van der Waals surface area contributed by atoms with Crippen molar-refractivity contribution < 1.29 is 20.1 Å². The van der Waals surface area contributed by atoms with Crippen LogP contribution in [-0.4, -0.2) is 33.9 Å². The zero-order valence-corrected chi connectivity index (χ0v) is 8.05. The monoisotopic (exact) mass is 211 g/mol. The van der Waals surface area contributed by atoms with Crippen LogP contribution in [0.5, 0.6) is 5.75 Å². The summed E-state index contributed by atoms with van der Waals surface area (Å²) in [6, 6.07) is 5.44. The maximum atomic E-state index is 10.5. The Kier molecular flexibility index (Phi) is 4.08. The van der Waals surface area contributed by atoms with Crippen molar-refractivity contribution in [3.05, 3.63) is 29.8 Å². The number of carboxylic acid groups (broad SMARTS) is 1. The molecular formula is C10H13NO4. The highest BCUT2D eigenvalue weighted by molar-refractivity contribution is 5.73. The summed E-state index contributed by atoms with van der Waals surface area (Å²) < 4.78 is 0. The molecule has 82 valence electrons. The van der Waals surface area contributed by atoms with E-state index in [0.717, 1.165) is 5.56 Å². The number of rotatable bonds is 5. The normalized spacial score (nSPS) is 12.3. The molecule has 0 radical (unpaired) electrons. The minimum Gasteiger partial charge on any atom is -0.508 e. The number of hydrogen-bond acceptors (Lipinski definition) is 4. The van der Waals surface area contributed by atoms with Crippen LogP contribution in [0.2, 0.25) is 0 Å². The number of benzene rings is 1. The molecule has 0 aromatic heterocycles. The molecule has 0 heterocycles. The quantitative estimate of drug-likeness (QED) is 0.547. The van der Waals surface area contributed by atoms with Gasteiger partial charge in [-0.1, -0.05) is 12.1 Å². The van der Waals surface area contributed by atoms with E-state index in [4.69, 9.17) is 15.3 Å². The van der Waals surface area contributed by atoms with E-state index in [1.165, 1.54) is 12.1 Å². The fraction of sp³-hybridized carbons (Fsp3) is 0.300. The summed E-state index contributed by atoms with van der Waals surface area (Å²) in [5.41, 5.74) is 0.840. The number of phenolic OH excluding ortho intramolecular Hbond substituents is 1. The van der Waals surface area contributed by atoms with Gasteiger partial charge in [0.05, 0.1) is 6.61 Å². The third-order valence-electron chi connectivity index (χ3n) is 1.97. The molecule has 1 rings (SSSR count). The van der Waals surface area contributed by atoms with Crippen molar-refractivity contribution in [2.45, 2.75) is 12.6 Å². The second-order valence-corrected chi connectivity index (χ2v) is 3.12. The van der Waals surface area contributed by atoms with Gasteiger partial charge in [-0.25, -0.2) is 0 Å². The Balaban J connectivity index is 2.49. The molecule has 1 atom stereocenters. The highest BCUT2D eigenvalue weighted by Gasteiger charge is 2.14. The van der Waals surface area contributed by atoms with Gasteiger partial charge in [0.25, 0.3) is 0 Å². The topological polar surface area (TPSA) is 89.8 Å². The van der Waals surface area contributed by atoms with Crippen LogP contribution in [0.15, 0.2) is 24.3 Å². The first kappa shape index (κ1) is 11.5. The Morgan fingerprint density at radius 3 is 2.40 bits per heavy atom. The van der Waals surface area contributed by atoms with Crippen LogP contribution in [0.1, 0.15) is 5.56 Å². The first-order chi connectivity index (χ1) is 7.13. The molecule has 1 aromatic carbocycles. The first-order valence-corrected chi connectivity index (χ1v) is 4.48. The lowest BCUT2D eigenvalue weighted by Crippen LogP contribution is -2.39. The smallest absolute Gasteiger partial charge is 0.323 e. The number of aliphatic hydroxyl groups excluding tert-OH is 1. The third kappa shape index (κ3) is 3.57. The van der Waals surface area contributed by atoms with Crippen LogP contribution in [0.25, 0.3) is 0 Å². The molecule has 15 heavy (non-hydrogen) atoms. The lowest BCUT2D eigenvalue weighted by molar-refractivity contribution is -0.140. The van der Waals surface area contributed by atoms with Crippen LogP contribution >= 0.6 is 0 Å². The summed E-state index contributed by atoms with van der Waals surface area (Å²) >= 11 is 0. The largest absolute Gasteiger partial charge is 0.508 e. The van der Waals surface area contributed by atoms with Crippen molar-refractivity contribution in [3.63, 3.8) is 0 Å². The van der Waals surface area contributed by atoms with E-state index >= 15 is 0 Å². The predicted molar refractivity (Wildman–Crippen MR) is 53.5 cm³/mol. The highest BCUT2D eigenvalue weighted by Crippen LogP contribution is 2.09. The second kappa shape index (κ2) is 5.33. The van der Waals surface area contributed by atoms with Gasteiger partial charge in [-0.05, 0) is 17.7 Å². The minimum absolute atomic E-state index is 0.163. The molecule has 0 aliphatic carbocycles. The van der Waals surface area contributed by atoms with E-state index in [-0.39, 0.29) is 5.75 Å². The van der Waals surface area contributed by atoms with Crippen LogP contribution in [0, 0.1) is 0 Å². The summed E-state index contributed by atoms with van der Waals surface area (Å²) in [6.07, 6.45) is 0. The van der Waals surface area contributed by atoms with Crippen LogP contribution in [0.3, 0.4) is 0 Å². The zero-order chi connectivity index (χ0) is 11.3. The molecule has 5 nitrogen and oxygen atoms in total. The van der Waals surface area contributed by atoms with E-state index < -0.39 is 18.6 Å². The molecule has 0 saturated carbocycles. The number of hydrogen-bond donors (Lipinski definition) is 4. The molecule has 0 aliphatic heterocycles. The summed E-state index contributed by atoms with van der Waals surface area (Å²) in [5.74, 6) is -0.924. The van der Waals surface area contributed by atoms with Gasteiger partial charge in [-0.3, -0.25) is 10.1 Å². The SMILES string of the molecule is O=C(O)C(CO)NCc1ccc(O)cc1. The molecule has 4 N–H and O–H groups in total. The van der Waals surface area contributed by atoms with Crippen molar-refractivity contribution in [3.8, 4) is 5.75 Å². The Morgan fingerprint density at radius 2 is 1.93 bits per heavy atom. The summed E-state index contributed by atoms with van der Waals surface area (Å²) in [7, 11) is 0. The van der Waals surface area contributed by atoms with Gasteiger partial charge >= 0.3 is 5.97 Å². The van der Waals surface area contributed by atoms with Gasteiger partial charge in [0.2, 0.25) is 0 Å². The number of carbonyl (C=O) groups is 1. The number of nitrogens with one attached hydrogen (secondary N) is 1. The zero-order valence-electron chi connectivity index (χ0n) is 8.05. The molecule has 0 bridgehead atoms. The van der Waals surface area contributed by atoms with Crippen molar-refractivity contribution in [2.24, 2.45) is 0 Å². The Hall–Kier alpha value is -1.59. The molecule has 1 aromatic rings. The Labute approximate surface area is 87.0 Å².